The van der Waals surface area contributed by atoms with Crippen LogP contribution in [0.1, 0.15) is 63.1 Å². The first-order valence-corrected chi connectivity index (χ1v) is 7.85. The second-order valence-electron chi connectivity index (χ2n) is 6.09. The highest BCUT2D eigenvalue weighted by Crippen LogP contribution is 2.45. The third-order valence-electron chi connectivity index (χ3n) is 4.78. The van der Waals surface area contributed by atoms with E-state index < -0.39 is 0 Å². The Morgan fingerprint density at radius 2 is 1.79 bits per heavy atom. The van der Waals surface area contributed by atoms with Crippen molar-refractivity contribution in [3.63, 3.8) is 0 Å². The van der Waals surface area contributed by atoms with Gasteiger partial charge in [0.2, 0.25) is 5.89 Å². The Morgan fingerprint density at radius 3 is 2.37 bits per heavy atom. The zero-order valence-corrected chi connectivity index (χ0v) is 12.3. The molecule has 0 N–H and O–H groups in total. The van der Waals surface area contributed by atoms with Gasteiger partial charge in [-0.25, -0.2) is 0 Å². The van der Waals surface area contributed by atoms with Crippen LogP contribution in [0.5, 0.6) is 0 Å². The molecule has 1 unspecified atom stereocenters. The molecule has 2 fully saturated rings. The van der Waals surface area contributed by atoms with Crippen molar-refractivity contribution in [2.24, 2.45) is 5.41 Å². The Morgan fingerprint density at radius 1 is 1.11 bits per heavy atom. The van der Waals surface area contributed by atoms with Gasteiger partial charge in [-0.15, -0.1) is 16.7 Å². The van der Waals surface area contributed by atoms with Crippen LogP contribution >= 0.6 is 11.6 Å². The maximum atomic E-state index is 5.96. The molecule has 0 bridgehead atoms. The van der Waals surface area contributed by atoms with Crippen LogP contribution in [0.15, 0.2) is 4.42 Å². The minimum atomic E-state index is -0.212. The molecular formula is C14H22ClN3O. The summed E-state index contributed by atoms with van der Waals surface area (Å²) >= 11 is 5.96. The van der Waals surface area contributed by atoms with Gasteiger partial charge in [-0.3, -0.25) is 0 Å². The lowest BCUT2D eigenvalue weighted by Crippen LogP contribution is -2.41. The average molecular weight is 284 g/mol. The highest BCUT2D eigenvalue weighted by Gasteiger charge is 2.36. The van der Waals surface area contributed by atoms with Crippen LogP contribution in [-0.2, 0) is 0 Å². The van der Waals surface area contributed by atoms with Gasteiger partial charge in [-0.1, -0.05) is 24.4 Å². The first kappa shape index (κ1) is 13.2. The number of nitrogens with zero attached hydrogens (tertiary/aromatic N) is 3. The first-order chi connectivity index (χ1) is 9.19. The highest BCUT2D eigenvalue weighted by molar-refractivity contribution is 6.20. The summed E-state index contributed by atoms with van der Waals surface area (Å²) in [5, 5.41) is 7.91. The van der Waals surface area contributed by atoms with Crippen LogP contribution < -0.4 is 4.90 Å². The summed E-state index contributed by atoms with van der Waals surface area (Å²) in [6, 6.07) is 0.646. The SMILES string of the molecule is CC(Cl)c1nnc(N2CCC3(CCCCC3)CC2)o1. The number of hydrogen-bond donors (Lipinski definition) is 0. The summed E-state index contributed by atoms with van der Waals surface area (Å²) in [6.07, 6.45) is 9.60. The van der Waals surface area contributed by atoms with E-state index in [4.69, 9.17) is 16.0 Å². The van der Waals surface area contributed by atoms with Gasteiger partial charge in [0, 0.05) is 13.1 Å². The quantitative estimate of drug-likeness (QED) is 0.772. The minimum Gasteiger partial charge on any atom is -0.406 e. The number of alkyl halides is 1. The molecule has 0 amide bonds. The zero-order chi connectivity index (χ0) is 13.3. The van der Waals surface area contributed by atoms with E-state index in [0.717, 1.165) is 13.1 Å². The number of piperidine rings is 1. The summed E-state index contributed by atoms with van der Waals surface area (Å²) in [5.41, 5.74) is 0.609. The lowest BCUT2D eigenvalue weighted by molar-refractivity contribution is 0.142. The summed E-state index contributed by atoms with van der Waals surface area (Å²) in [6.45, 7) is 3.93. The van der Waals surface area contributed by atoms with Gasteiger partial charge >= 0.3 is 6.01 Å². The van der Waals surface area contributed by atoms with E-state index in [1.54, 1.807) is 0 Å². The van der Waals surface area contributed by atoms with Gasteiger partial charge in [-0.2, -0.15) is 0 Å². The lowest BCUT2D eigenvalue weighted by atomic mass is 9.68. The van der Waals surface area contributed by atoms with Gasteiger partial charge in [0.15, 0.2) is 0 Å². The topological polar surface area (TPSA) is 42.2 Å². The maximum Gasteiger partial charge on any atom is 0.318 e. The number of aromatic nitrogens is 2. The Hall–Kier alpha value is -0.770. The Labute approximate surface area is 119 Å². The fraction of sp³-hybridized carbons (Fsp3) is 0.857. The predicted molar refractivity (Wildman–Crippen MR) is 75.5 cm³/mol. The van der Waals surface area contributed by atoms with E-state index in [0.29, 0.717) is 17.3 Å². The van der Waals surface area contributed by atoms with E-state index in [1.165, 1.54) is 44.9 Å². The van der Waals surface area contributed by atoms with Crippen molar-refractivity contribution in [2.75, 3.05) is 18.0 Å². The van der Waals surface area contributed by atoms with E-state index in [2.05, 4.69) is 15.1 Å². The van der Waals surface area contributed by atoms with Crippen molar-refractivity contribution < 1.29 is 4.42 Å². The molecule has 19 heavy (non-hydrogen) atoms. The standard InChI is InChI=1S/C14H22ClN3O/c1-11(15)12-16-17-13(19-12)18-9-7-14(8-10-18)5-3-2-4-6-14/h11H,2-10H2,1H3. The Balaban J connectivity index is 1.62. The highest BCUT2D eigenvalue weighted by atomic mass is 35.5. The fourth-order valence-corrected chi connectivity index (χ4v) is 3.58. The monoisotopic (exact) mass is 283 g/mol. The molecule has 1 aromatic rings. The maximum absolute atomic E-state index is 5.96. The van der Waals surface area contributed by atoms with Crippen molar-refractivity contribution in [3.8, 4) is 0 Å². The molecule has 2 aliphatic rings. The van der Waals surface area contributed by atoms with E-state index in [-0.39, 0.29) is 5.38 Å². The van der Waals surface area contributed by atoms with Crippen molar-refractivity contribution in [2.45, 2.75) is 57.2 Å². The van der Waals surface area contributed by atoms with E-state index >= 15 is 0 Å². The molecule has 1 atom stereocenters. The summed E-state index contributed by atoms with van der Waals surface area (Å²) in [7, 11) is 0. The molecule has 1 spiro atoms. The van der Waals surface area contributed by atoms with Crippen LogP contribution in [-0.4, -0.2) is 23.3 Å². The molecular weight excluding hydrogens is 262 g/mol. The van der Waals surface area contributed by atoms with Gasteiger partial charge in [0.1, 0.15) is 5.38 Å². The van der Waals surface area contributed by atoms with Gasteiger partial charge in [0.05, 0.1) is 0 Å². The average Bonchev–Trinajstić information content (AvgIpc) is 2.90. The molecule has 0 aromatic carbocycles. The Kier molecular flexibility index (Phi) is 3.70. The molecule has 0 radical (unpaired) electrons. The van der Waals surface area contributed by atoms with Crippen LogP contribution in [0.2, 0.25) is 0 Å². The number of halogens is 1. The van der Waals surface area contributed by atoms with Crippen molar-refractivity contribution in [3.05, 3.63) is 5.89 Å². The molecule has 2 heterocycles. The van der Waals surface area contributed by atoms with Crippen LogP contribution in [0, 0.1) is 5.41 Å². The van der Waals surface area contributed by atoms with Crippen molar-refractivity contribution in [1.82, 2.24) is 10.2 Å². The normalized spacial score (nSPS) is 24.6. The first-order valence-electron chi connectivity index (χ1n) is 7.41. The zero-order valence-electron chi connectivity index (χ0n) is 11.6. The summed E-state index contributed by atoms with van der Waals surface area (Å²) in [5.74, 6) is 0.523. The molecule has 3 rings (SSSR count). The molecule has 1 saturated heterocycles. The van der Waals surface area contributed by atoms with E-state index in [1.807, 2.05) is 6.92 Å². The molecule has 1 aliphatic carbocycles. The summed E-state index contributed by atoms with van der Waals surface area (Å²) in [4.78, 5) is 2.22. The second-order valence-corrected chi connectivity index (χ2v) is 6.74. The Bertz CT molecular complexity index is 416. The molecule has 106 valence electrons. The van der Waals surface area contributed by atoms with Crippen molar-refractivity contribution >= 4 is 17.6 Å². The van der Waals surface area contributed by atoms with Gasteiger partial charge in [0.25, 0.3) is 0 Å². The lowest BCUT2D eigenvalue weighted by Gasteiger charge is -2.43. The molecule has 5 heteroatoms. The third-order valence-corrected chi connectivity index (χ3v) is 4.97. The molecule has 4 nitrogen and oxygen atoms in total. The van der Waals surface area contributed by atoms with Crippen molar-refractivity contribution in [1.29, 1.82) is 0 Å². The number of anilines is 1. The molecule has 1 aliphatic heterocycles. The van der Waals surface area contributed by atoms with E-state index in [9.17, 15) is 0 Å². The van der Waals surface area contributed by atoms with Crippen LogP contribution in [0.25, 0.3) is 0 Å². The van der Waals surface area contributed by atoms with Crippen LogP contribution in [0.4, 0.5) is 6.01 Å². The smallest absolute Gasteiger partial charge is 0.318 e. The van der Waals surface area contributed by atoms with Gasteiger partial charge in [-0.05, 0) is 38.0 Å². The van der Waals surface area contributed by atoms with Gasteiger partial charge < -0.3 is 9.32 Å². The third kappa shape index (κ3) is 2.73. The number of rotatable bonds is 2. The predicted octanol–water partition coefficient (Wildman–Crippen LogP) is 3.92. The van der Waals surface area contributed by atoms with Crippen LogP contribution in [0.3, 0.4) is 0 Å². The molecule has 1 saturated carbocycles. The largest absolute Gasteiger partial charge is 0.406 e. The fourth-order valence-electron chi connectivity index (χ4n) is 3.49. The minimum absolute atomic E-state index is 0.212. The second kappa shape index (κ2) is 5.31. The summed E-state index contributed by atoms with van der Waals surface area (Å²) < 4.78 is 5.63. The number of hydrogen-bond acceptors (Lipinski definition) is 4. The molecule has 1 aromatic heterocycles.